The van der Waals surface area contributed by atoms with E-state index < -0.39 is 0 Å². The van der Waals surface area contributed by atoms with Crippen LogP contribution in [0.2, 0.25) is 0 Å². The quantitative estimate of drug-likeness (QED) is 0.576. The van der Waals surface area contributed by atoms with Crippen molar-refractivity contribution in [2.24, 2.45) is 5.92 Å². The first kappa shape index (κ1) is 18.6. The first-order chi connectivity index (χ1) is 12.9. The summed E-state index contributed by atoms with van der Waals surface area (Å²) < 4.78 is 3.40. The number of amides is 1. The zero-order valence-electron chi connectivity index (χ0n) is 16.0. The molecule has 0 aliphatic heterocycles. The van der Waals surface area contributed by atoms with Crippen LogP contribution in [0.4, 0.5) is 17.6 Å². The van der Waals surface area contributed by atoms with Crippen molar-refractivity contribution in [3.05, 3.63) is 18.1 Å². The third-order valence-corrected chi connectivity index (χ3v) is 3.94. The van der Waals surface area contributed by atoms with Gasteiger partial charge in [0.05, 0.1) is 12.0 Å². The van der Waals surface area contributed by atoms with E-state index in [2.05, 4.69) is 44.5 Å². The molecule has 27 heavy (non-hydrogen) atoms. The van der Waals surface area contributed by atoms with Gasteiger partial charge in [0.1, 0.15) is 12.4 Å². The molecule has 10 heteroatoms. The highest BCUT2D eigenvalue weighted by Gasteiger charge is 2.15. The number of nitrogens with zero attached hydrogens (tertiary/aromatic N) is 6. The smallest absolute Gasteiger partial charge is 0.245 e. The molecule has 0 aromatic carbocycles. The van der Waals surface area contributed by atoms with Crippen LogP contribution in [0, 0.1) is 12.8 Å². The summed E-state index contributed by atoms with van der Waals surface area (Å²) in [7, 11) is 0. The van der Waals surface area contributed by atoms with E-state index in [0.717, 1.165) is 12.2 Å². The molecule has 144 valence electrons. The molecule has 4 N–H and O–H groups in total. The monoisotopic (exact) mass is 371 g/mol. The fourth-order valence-electron chi connectivity index (χ4n) is 2.73. The van der Waals surface area contributed by atoms with Crippen molar-refractivity contribution in [3.8, 4) is 0 Å². The number of anilines is 3. The zero-order chi connectivity index (χ0) is 19.6. The van der Waals surface area contributed by atoms with Crippen LogP contribution >= 0.6 is 0 Å². The number of aryl methyl sites for hydroxylation is 2. The number of fused-ring (bicyclic) bond motifs is 1. The van der Waals surface area contributed by atoms with E-state index in [9.17, 15) is 4.79 Å². The highest BCUT2D eigenvalue weighted by Crippen LogP contribution is 2.20. The van der Waals surface area contributed by atoms with Crippen molar-refractivity contribution < 1.29 is 4.79 Å². The Balaban J connectivity index is 1.81. The van der Waals surface area contributed by atoms with Crippen LogP contribution in [-0.2, 0) is 17.9 Å². The Morgan fingerprint density at radius 1 is 1.33 bits per heavy atom. The molecule has 3 rings (SSSR count). The van der Waals surface area contributed by atoms with E-state index in [1.807, 2.05) is 19.9 Å². The van der Waals surface area contributed by atoms with Gasteiger partial charge < -0.3 is 20.9 Å². The number of nitrogens with one attached hydrogen (secondary N) is 2. The van der Waals surface area contributed by atoms with Gasteiger partial charge in [0.25, 0.3) is 0 Å². The summed E-state index contributed by atoms with van der Waals surface area (Å²) in [6.45, 7) is 9.52. The molecule has 3 heterocycles. The first-order valence-corrected chi connectivity index (χ1v) is 8.94. The van der Waals surface area contributed by atoms with Crippen molar-refractivity contribution in [1.29, 1.82) is 0 Å². The minimum absolute atomic E-state index is 0.0600. The van der Waals surface area contributed by atoms with Gasteiger partial charge in [-0.05, 0) is 19.8 Å². The molecule has 0 unspecified atom stereocenters. The largest absolute Gasteiger partial charge is 0.368 e. The van der Waals surface area contributed by atoms with E-state index in [4.69, 9.17) is 5.73 Å². The maximum atomic E-state index is 12.5. The predicted octanol–water partition coefficient (Wildman–Crippen LogP) is 1.64. The summed E-state index contributed by atoms with van der Waals surface area (Å²) in [6.07, 6.45) is 1.57. The molecule has 0 bridgehead atoms. The van der Waals surface area contributed by atoms with E-state index in [0.29, 0.717) is 35.3 Å². The molecule has 0 radical (unpaired) electrons. The van der Waals surface area contributed by atoms with E-state index in [-0.39, 0.29) is 18.4 Å². The molecule has 1 amide bonds. The topological polar surface area (TPSA) is 129 Å². The fraction of sp³-hybridized carbons (Fsp3) is 0.471. The van der Waals surface area contributed by atoms with Crippen molar-refractivity contribution in [1.82, 2.24) is 29.3 Å². The van der Waals surface area contributed by atoms with Crippen LogP contribution < -0.4 is 16.4 Å². The van der Waals surface area contributed by atoms with Crippen LogP contribution in [0.15, 0.2) is 12.4 Å². The number of rotatable bonds is 7. The van der Waals surface area contributed by atoms with Crippen LogP contribution in [0.5, 0.6) is 0 Å². The van der Waals surface area contributed by atoms with Crippen molar-refractivity contribution >= 4 is 34.7 Å². The van der Waals surface area contributed by atoms with Gasteiger partial charge in [-0.3, -0.25) is 4.79 Å². The second-order valence-corrected chi connectivity index (χ2v) is 6.78. The van der Waals surface area contributed by atoms with Crippen molar-refractivity contribution in [2.75, 3.05) is 22.9 Å². The van der Waals surface area contributed by atoms with Gasteiger partial charge >= 0.3 is 0 Å². The number of hydrogen-bond acceptors (Lipinski definition) is 7. The maximum Gasteiger partial charge on any atom is 0.245 e. The Hall–Kier alpha value is -3.17. The number of carbonyl (C=O) groups is 1. The molecule has 0 aliphatic rings. The van der Waals surface area contributed by atoms with E-state index >= 15 is 0 Å². The Bertz CT molecular complexity index is 957. The fourth-order valence-corrected chi connectivity index (χ4v) is 2.73. The molecule has 0 saturated heterocycles. The van der Waals surface area contributed by atoms with Gasteiger partial charge in [0.15, 0.2) is 17.0 Å². The summed E-state index contributed by atoms with van der Waals surface area (Å²) >= 11 is 0. The zero-order valence-corrected chi connectivity index (χ0v) is 16.0. The molecule has 3 aromatic rings. The number of aromatic nitrogens is 6. The number of carbonyl (C=O) groups excluding carboxylic acids is 1. The molecule has 10 nitrogen and oxygen atoms in total. The molecule has 0 saturated carbocycles. The Kier molecular flexibility index (Phi) is 5.24. The Morgan fingerprint density at radius 3 is 2.81 bits per heavy atom. The summed E-state index contributed by atoms with van der Waals surface area (Å²) in [5, 5.41) is 10.4. The lowest BCUT2D eigenvalue weighted by Gasteiger charge is -2.10. The average Bonchev–Trinajstić information content (AvgIpc) is 3.15. The van der Waals surface area contributed by atoms with Gasteiger partial charge in [-0.15, -0.1) is 0 Å². The second-order valence-electron chi connectivity index (χ2n) is 6.78. The van der Waals surface area contributed by atoms with E-state index in [1.54, 1.807) is 15.6 Å². The molecule has 0 atom stereocenters. The summed E-state index contributed by atoms with van der Waals surface area (Å²) in [6, 6.07) is 1.83. The standard InChI is InChI=1S/C17H25N9O/c1-5-26-12(6-11(4)24-26)21-13(27)8-25-9-20-14-15(19-7-10(2)3)22-17(18)23-16(14)25/h6,9-10H,5,7-8H2,1-4H3,(H,21,27)(H3,18,19,22,23). The summed E-state index contributed by atoms with van der Waals surface area (Å²) in [4.78, 5) is 25.3. The lowest BCUT2D eigenvalue weighted by Crippen LogP contribution is -2.20. The lowest BCUT2D eigenvalue weighted by atomic mass is 10.2. The van der Waals surface area contributed by atoms with Gasteiger partial charge in [-0.25, -0.2) is 9.67 Å². The number of hydrogen-bond donors (Lipinski definition) is 3. The maximum absolute atomic E-state index is 12.5. The molecule has 3 aromatic heterocycles. The number of nitrogen functional groups attached to an aromatic ring is 1. The van der Waals surface area contributed by atoms with Crippen LogP contribution in [0.25, 0.3) is 11.2 Å². The SMILES string of the molecule is CCn1nc(C)cc1NC(=O)Cn1cnc2c(NCC(C)C)nc(N)nc21. The van der Waals surface area contributed by atoms with Crippen molar-refractivity contribution in [2.45, 2.75) is 40.8 Å². The highest BCUT2D eigenvalue weighted by atomic mass is 16.2. The normalized spacial score (nSPS) is 11.3. The number of imidazole rings is 1. The molecular formula is C17H25N9O. The third kappa shape index (κ3) is 4.15. The molecule has 0 spiro atoms. The van der Waals surface area contributed by atoms with Gasteiger partial charge in [0.2, 0.25) is 11.9 Å². The lowest BCUT2D eigenvalue weighted by molar-refractivity contribution is -0.116. The van der Waals surface area contributed by atoms with Crippen molar-refractivity contribution in [3.63, 3.8) is 0 Å². The first-order valence-electron chi connectivity index (χ1n) is 8.94. The summed E-state index contributed by atoms with van der Waals surface area (Å²) in [5.41, 5.74) is 7.79. The third-order valence-electron chi connectivity index (χ3n) is 3.94. The van der Waals surface area contributed by atoms with Gasteiger partial charge in [-0.1, -0.05) is 13.8 Å². The number of nitrogens with two attached hydrogens (primary N) is 1. The molecule has 0 fully saturated rings. The minimum atomic E-state index is -0.197. The minimum Gasteiger partial charge on any atom is -0.368 e. The second kappa shape index (κ2) is 7.60. The Labute approximate surface area is 157 Å². The predicted molar refractivity (Wildman–Crippen MR) is 104 cm³/mol. The van der Waals surface area contributed by atoms with Gasteiger partial charge in [0, 0.05) is 19.2 Å². The van der Waals surface area contributed by atoms with Crippen LogP contribution in [0.3, 0.4) is 0 Å². The molecule has 0 aliphatic carbocycles. The molecular weight excluding hydrogens is 346 g/mol. The highest BCUT2D eigenvalue weighted by molar-refractivity contribution is 5.91. The van der Waals surface area contributed by atoms with Crippen LogP contribution in [0.1, 0.15) is 26.5 Å². The Morgan fingerprint density at radius 2 is 2.11 bits per heavy atom. The average molecular weight is 371 g/mol. The summed E-state index contributed by atoms with van der Waals surface area (Å²) in [5.74, 6) is 1.62. The van der Waals surface area contributed by atoms with Gasteiger partial charge in [-0.2, -0.15) is 15.1 Å². The van der Waals surface area contributed by atoms with Crippen LogP contribution in [-0.4, -0.2) is 41.8 Å². The van der Waals surface area contributed by atoms with E-state index in [1.165, 1.54) is 0 Å².